The standard InChI is InChI=1S/C10H12N2O/c1-11-8-3-4-9-7(6-8)2-5-10(9)12-13/h3-4,6,11,13H,2,5H2,1H3/b12-10+. The second-order valence-electron chi connectivity index (χ2n) is 3.17. The molecule has 68 valence electrons. The fourth-order valence-corrected chi connectivity index (χ4v) is 1.73. The topological polar surface area (TPSA) is 44.6 Å². The molecule has 0 heterocycles. The van der Waals surface area contributed by atoms with Crippen LogP contribution in [-0.4, -0.2) is 18.0 Å². The Labute approximate surface area is 77.1 Å². The Kier molecular flexibility index (Phi) is 1.93. The van der Waals surface area contributed by atoms with Gasteiger partial charge in [-0.15, -0.1) is 0 Å². The molecule has 0 aromatic heterocycles. The van der Waals surface area contributed by atoms with Crippen molar-refractivity contribution in [1.29, 1.82) is 0 Å². The van der Waals surface area contributed by atoms with Crippen LogP contribution in [0.5, 0.6) is 0 Å². The number of oxime groups is 1. The molecular formula is C10H12N2O. The minimum absolute atomic E-state index is 0.803. The van der Waals surface area contributed by atoms with Gasteiger partial charge in [-0.3, -0.25) is 0 Å². The van der Waals surface area contributed by atoms with Crippen molar-refractivity contribution in [2.24, 2.45) is 5.16 Å². The molecule has 1 aliphatic rings. The number of rotatable bonds is 1. The molecule has 2 N–H and O–H groups in total. The van der Waals surface area contributed by atoms with Gasteiger partial charge in [0.1, 0.15) is 0 Å². The van der Waals surface area contributed by atoms with E-state index in [9.17, 15) is 0 Å². The number of nitrogens with one attached hydrogen (secondary N) is 1. The quantitative estimate of drug-likeness (QED) is 0.506. The van der Waals surface area contributed by atoms with Crippen molar-refractivity contribution in [2.75, 3.05) is 12.4 Å². The Bertz CT molecular complexity index is 358. The van der Waals surface area contributed by atoms with E-state index < -0.39 is 0 Å². The van der Waals surface area contributed by atoms with Gasteiger partial charge in [-0.2, -0.15) is 0 Å². The van der Waals surface area contributed by atoms with Gasteiger partial charge in [0.05, 0.1) is 5.71 Å². The van der Waals surface area contributed by atoms with Crippen molar-refractivity contribution >= 4 is 11.4 Å². The Balaban J connectivity index is 2.46. The van der Waals surface area contributed by atoms with Crippen LogP contribution >= 0.6 is 0 Å². The number of hydrogen-bond donors (Lipinski definition) is 2. The van der Waals surface area contributed by atoms with Gasteiger partial charge in [0.2, 0.25) is 0 Å². The summed E-state index contributed by atoms with van der Waals surface area (Å²) in [5, 5.41) is 15.1. The molecule has 0 spiro atoms. The van der Waals surface area contributed by atoms with Gasteiger partial charge in [-0.1, -0.05) is 11.2 Å². The molecule has 0 saturated heterocycles. The van der Waals surface area contributed by atoms with Gasteiger partial charge in [-0.25, -0.2) is 0 Å². The van der Waals surface area contributed by atoms with Gasteiger partial charge >= 0.3 is 0 Å². The van der Waals surface area contributed by atoms with Crippen molar-refractivity contribution in [3.63, 3.8) is 0 Å². The number of hydrogen-bond acceptors (Lipinski definition) is 3. The van der Waals surface area contributed by atoms with Gasteiger partial charge in [0, 0.05) is 18.3 Å². The average molecular weight is 176 g/mol. The number of fused-ring (bicyclic) bond motifs is 1. The van der Waals surface area contributed by atoms with Crippen molar-refractivity contribution in [2.45, 2.75) is 12.8 Å². The fourth-order valence-electron chi connectivity index (χ4n) is 1.73. The highest BCUT2D eigenvalue weighted by Crippen LogP contribution is 2.25. The first-order valence-electron chi connectivity index (χ1n) is 4.37. The Hall–Kier alpha value is -1.51. The van der Waals surface area contributed by atoms with Gasteiger partial charge in [0.25, 0.3) is 0 Å². The van der Waals surface area contributed by atoms with Crippen LogP contribution in [0.3, 0.4) is 0 Å². The largest absolute Gasteiger partial charge is 0.411 e. The molecule has 0 amide bonds. The van der Waals surface area contributed by atoms with E-state index in [0.717, 1.165) is 29.8 Å². The molecular weight excluding hydrogens is 164 g/mol. The lowest BCUT2D eigenvalue weighted by atomic mass is 10.1. The lowest BCUT2D eigenvalue weighted by molar-refractivity contribution is 0.318. The van der Waals surface area contributed by atoms with E-state index >= 15 is 0 Å². The van der Waals surface area contributed by atoms with Crippen LogP contribution < -0.4 is 5.32 Å². The molecule has 0 saturated carbocycles. The van der Waals surface area contributed by atoms with Crippen LogP contribution in [-0.2, 0) is 6.42 Å². The molecule has 1 aromatic carbocycles. The normalized spacial score (nSPS) is 17.5. The molecule has 3 nitrogen and oxygen atoms in total. The van der Waals surface area contributed by atoms with E-state index in [-0.39, 0.29) is 0 Å². The Morgan fingerprint density at radius 3 is 2.92 bits per heavy atom. The molecule has 13 heavy (non-hydrogen) atoms. The number of benzene rings is 1. The summed E-state index contributed by atoms with van der Waals surface area (Å²) in [7, 11) is 1.90. The third-order valence-corrected chi connectivity index (χ3v) is 2.46. The lowest BCUT2D eigenvalue weighted by Gasteiger charge is -2.02. The van der Waals surface area contributed by atoms with E-state index in [2.05, 4.69) is 16.5 Å². The average Bonchev–Trinajstić information content (AvgIpc) is 2.59. The predicted molar refractivity (Wildman–Crippen MR) is 52.6 cm³/mol. The first kappa shape index (κ1) is 8.10. The first-order chi connectivity index (χ1) is 6.35. The van der Waals surface area contributed by atoms with Gasteiger partial charge in [-0.05, 0) is 30.5 Å². The van der Waals surface area contributed by atoms with E-state index in [1.807, 2.05) is 19.2 Å². The summed E-state index contributed by atoms with van der Waals surface area (Å²) in [5.74, 6) is 0. The zero-order valence-electron chi connectivity index (χ0n) is 7.54. The molecule has 3 heteroatoms. The smallest absolute Gasteiger partial charge is 0.0873 e. The molecule has 0 radical (unpaired) electrons. The SMILES string of the molecule is CNc1ccc2c(c1)CC/C2=N\O. The molecule has 1 aromatic rings. The molecule has 0 unspecified atom stereocenters. The molecule has 0 atom stereocenters. The van der Waals surface area contributed by atoms with Gasteiger partial charge < -0.3 is 10.5 Å². The maximum absolute atomic E-state index is 8.71. The predicted octanol–water partition coefficient (Wildman–Crippen LogP) is 1.85. The highest BCUT2D eigenvalue weighted by Gasteiger charge is 2.17. The summed E-state index contributed by atoms with van der Waals surface area (Å²) in [6.07, 6.45) is 1.82. The summed E-state index contributed by atoms with van der Waals surface area (Å²) < 4.78 is 0. The van der Waals surface area contributed by atoms with Crippen molar-refractivity contribution in [1.82, 2.24) is 0 Å². The summed E-state index contributed by atoms with van der Waals surface area (Å²) in [6.45, 7) is 0. The number of anilines is 1. The summed E-state index contributed by atoms with van der Waals surface area (Å²) in [4.78, 5) is 0. The zero-order chi connectivity index (χ0) is 9.26. The zero-order valence-corrected chi connectivity index (χ0v) is 7.54. The van der Waals surface area contributed by atoms with Crippen molar-refractivity contribution in [3.8, 4) is 0 Å². The maximum Gasteiger partial charge on any atom is 0.0873 e. The summed E-state index contributed by atoms with van der Waals surface area (Å²) in [5.41, 5.74) is 4.26. The van der Waals surface area contributed by atoms with Crippen LogP contribution in [0.1, 0.15) is 17.5 Å². The van der Waals surface area contributed by atoms with Crippen molar-refractivity contribution in [3.05, 3.63) is 29.3 Å². The highest BCUT2D eigenvalue weighted by atomic mass is 16.4. The monoisotopic (exact) mass is 176 g/mol. The third-order valence-electron chi connectivity index (χ3n) is 2.46. The molecule has 0 aliphatic heterocycles. The van der Waals surface area contributed by atoms with Crippen LogP contribution in [0.15, 0.2) is 23.4 Å². The fraction of sp³-hybridized carbons (Fsp3) is 0.300. The maximum atomic E-state index is 8.71. The van der Waals surface area contributed by atoms with E-state index in [1.54, 1.807) is 0 Å². The summed E-state index contributed by atoms with van der Waals surface area (Å²) >= 11 is 0. The van der Waals surface area contributed by atoms with E-state index in [4.69, 9.17) is 5.21 Å². The van der Waals surface area contributed by atoms with Crippen LogP contribution in [0.25, 0.3) is 0 Å². The Morgan fingerprint density at radius 1 is 1.38 bits per heavy atom. The van der Waals surface area contributed by atoms with E-state index in [1.165, 1.54) is 5.56 Å². The third kappa shape index (κ3) is 1.26. The summed E-state index contributed by atoms with van der Waals surface area (Å²) in [6, 6.07) is 6.10. The number of nitrogens with zero attached hydrogens (tertiary/aromatic N) is 1. The van der Waals surface area contributed by atoms with Gasteiger partial charge in [0.15, 0.2) is 0 Å². The van der Waals surface area contributed by atoms with E-state index in [0.29, 0.717) is 0 Å². The molecule has 2 rings (SSSR count). The van der Waals surface area contributed by atoms with Crippen molar-refractivity contribution < 1.29 is 5.21 Å². The lowest BCUT2D eigenvalue weighted by Crippen LogP contribution is -1.95. The molecule has 1 aliphatic carbocycles. The molecule has 0 fully saturated rings. The first-order valence-corrected chi connectivity index (χ1v) is 4.37. The highest BCUT2D eigenvalue weighted by molar-refractivity contribution is 6.04. The van der Waals surface area contributed by atoms with Crippen LogP contribution in [0.2, 0.25) is 0 Å². The van der Waals surface area contributed by atoms with Crippen LogP contribution in [0, 0.1) is 0 Å². The second-order valence-corrected chi connectivity index (χ2v) is 3.17. The minimum atomic E-state index is 0.803. The second kappa shape index (κ2) is 3.09. The minimum Gasteiger partial charge on any atom is -0.411 e. The number of aryl methyl sites for hydroxylation is 1. The van der Waals surface area contributed by atoms with Crippen LogP contribution in [0.4, 0.5) is 5.69 Å². The Morgan fingerprint density at radius 2 is 2.23 bits per heavy atom. The molecule has 0 bridgehead atoms.